The van der Waals surface area contributed by atoms with Crippen molar-refractivity contribution in [3.05, 3.63) is 0 Å². The maximum atomic E-state index is 11.0. The molecule has 0 aliphatic heterocycles. The van der Waals surface area contributed by atoms with Crippen molar-refractivity contribution in [2.45, 2.75) is 19.3 Å². The minimum atomic E-state index is -2.36. The number of hydrogen-bond donors (Lipinski definition) is 0. The largest absolute Gasteiger partial charge is 0.425 e. The minimum absolute atomic E-state index is 0.249. The third-order valence-electron chi connectivity index (χ3n) is 1.53. The Kier molecular flexibility index (Phi) is 5.55. The molecule has 0 bridgehead atoms. The van der Waals surface area contributed by atoms with E-state index in [1.807, 2.05) is 0 Å². The van der Waals surface area contributed by atoms with Gasteiger partial charge in [0, 0.05) is 17.8 Å². The van der Waals surface area contributed by atoms with Crippen LogP contribution in [0.5, 0.6) is 0 Å². The van der Waals surface area contributed by atoms with Gasteiger partial charge in [-0.15, -0.1) is 19.3 Å². The van der Waals surface area contributed by atoms with Gasteiger partial charge in [-0.25, -0.2) is 14.4 Å². The molecule has 0 amide bonds. The second kappa shape index (κ2) is 6.62. The van der Waals surface area contributed by atoms with E-state index in [1.54, 1.807) is 17.8 Å². The fraction of sp³-hybridized carbons (Fsp3) is 0.250. The zero-order valence-electron chi connectivity index (χ0n) is 9.39. The number of carbonyl (C=O) groups is 3. The molecule has 0 aliphatic carbocycles. The van der Waals surface area contributed by atoms with Gasteiger partial charge < -0.3 is 14.2 Å². The number of ether oxygens (including phenoxy) is 3. The number of terminal acetylenes is 3. The van der Waals surface area contributed by atoms with Crippen molar-refractivity contribution in [2.75, 3.05) is 0 Å². The summed E-state index contributed by atoms with van der Waals surface area (Å²) in [6.45, 7) is 1.39. The third-order valence-corrected chi connectivity index (χ3v) is 1.53. The summed E-state index contributed by atoms with van der Waals surface area (Å²) in [5.74, 6) is -1.24. The van der Waals surface area contributed by atoms with E-state index < -0.39 is 23.9 Å². The van der Waals surface area contributed by atoms with Gasteiger partial charge in [-0.1, -0.05) is 6.92 Å². The molecule has 0 rings (SSSR count). The van der Waals surface area contributed by atoms with Gasteiger partial charge in [0.2, 0.25) is 0 Å². The zero-order valence-corrected chi connectivity index (χ0v) is 9.39. The molecule has 0 N–H and O–H groups in total. The molecule has 6 heteroatoms. The first-order chi connectivity index (χ1) is 8.42. The van der Waals surface area contributed by atoms with Crippen molar-refractivity contribution < 1.29 is 28.6 Å². The molecule has 0 aliphatic rings. The smallest absolute Gasteiger partial charge is 0.378 e. The Morgan fingerprint density at radius 3 is 1.33 bits per heavy atom. The first-order valence-corrected chi connectivity index (χ1v) is 4.51. The van der Waals surface area contributed by atoms with Crippen LogP contribution in [0.15, 0.2) is 0 Å². The molecule has 6 nitrogen and oxygen atoms in total. The van der Waals surface area contributed by atoms with Crippen molar-refractivity contribution in [2.24, 2.45) is 0 Å². The Morgan fingerprint density at radius 1 is 0.889 bits per heavy atom. The van der Waals surface area contributed by atoms with Crippen LogP contribution in [0.3, 0.4) is 0 Å². The second-order valence-electron chi connectivity index (χ2n) is 2.64. The average molecular weight is 248 g/mol. The molecule has 0 unspecified atom stereocenters. The normalized spacial score (nSPS) is 9.00. The van der Waals surface area contributed by atoms with Gasteiger partial charge in [0.1, 0.15) is 0 Å². The quantitative estimate of drug-likeness (QED) is 0.291. The molecule has 92 valence electrons. The number of carbonyl (C=O) groups excluding carboxylic acids is 3. The average Bonchev–Trinajstić information content (AvgIpc) is 2.37. The van der Waals surface area contributed by atoms with E-state index in [9.17, 15) is 14.4 Å². The molecular formula is C12H8O6. The van der Waals surface area contributed by atoms with Gasteiger partial charge >= 0.3 is 23.9 Å². The SMILES string of the molecule is C#CC(=O)OC(CC)(OC(=O)C#C)OC(=O)C#C. The monoisotopic (exact) mass is 248 g/mol. The molecule has 0 aromatic heterocycles. The van der Waals surface area contributed by atoms with E-state index >= 15 is 0 Å². The maximum absolute atomic E-state index is 11.0. The highest BCUT2D eigenvalue weighted by Crippen LogP contribution is 2.20. The van der Waals surface area contributed by atoms with E-state index in [0.717, 1.165) is 0 Å². The molecular weight excluding hydrogens is 240 g/mol. The van der Waals surface area contributed by atoms with Crippen molar-refractivity contribution in [3.8, 4) is 37.0 Å². The van der Waals surface area contributed by atoms with Crippen LogP contribution in [-0.2, 0) is 28.6 Å². The molecule has 0 radical (unpaired) electrons. The Hall–Kier alpha value is -2.91. The Morgan fingerprint density at radius 2 is 1.17 bits per heavy atom. The minimum Gasteiger partial charge on any atom is -0.378 e. The van der Waals surface area contributed by atoms with Gasteiger partial charge in [0.25, 0.3) is 0 Å². The summed E-state index contributed by atoms with van der Waals surface area (Å²) >= 11 is 0. The van der Waals surface area contributed by atoms with Crippen LogP contribution in [0, 0.1) is 37.0 Å². The lowest BCUT2D eigenvalue weighted by Gasteiger charge is -2.27. The highest BCUT2D eigenvalue weighted by atomic mass is 16.9. The first-order valence-electron chi connectivity index (χ1n) is 4.51. The van der Waals surface area contributed by atoms with Crippen LogP contribution < -0.4 is 0 Å². The number of rotatable bonds is 4. The van der Waals surface area contributed by atoms with Crippen LogP contribution in [0.1, 0.15) is 13.3 Å². The van der Waals surface area contributed by atoms with Crippen molar-refractivity contribution in [1.29, 1.82) is 0 Å². The lowest BCUT2D eigenvalue weighted by Crippen LogP contribution is -2.43. The molecule has 0 spiro atoms. The molecule has 0 saturated carbocycles. The number of esters is 3. The topological polar surface area (TPSA) is 78.9 Å². The third kappa shape index (κ3) is 4.30. The summed E-state index contributed by atoms with van der Waals surface area (Å²) in [6.07, 6.45) is 14.1. The summed E-state index contributed by atoms with van der Waals surface area (Å²) in [7, 11) is 0. The van der Waals surface area contributed by atoms with E-state index in [-0.39, 0.29) is 6.42 Å². The summed E-state index contributed by atoms with van der Waals surface area (Å²) < 4.78 is 13.6. The van der Waals surface area contributed by atoms with Crippen LogP contribution in [0.2, 0.25) is 0 Å². The highest BCUT2D eigenvalue weighted by Gasteiger charge is 2.41. The molecule has 0 saturated heterocycles. The Balaban J connectivity index is 5.21. The van der Waals surface area contributed by atoms with Crippen LogP contribution in [0.4, 0.5) is 0 Å². The predicted molar refractivity (Wildman–Crippen MR) is 57.8 cm³/mol. The molecule has 0 atom stereocenters. The molecule has 18 heavy (non-hydrogen) atoms. The van der Waals surface area contributed by atoms with E-state index in [0.29, 0.717) is 0 Å². The highest BCUT2D eigenvalue weighted by molar-refractivity contribution is 5.91. The summed E-state index contributed by atoms with van der Waals surface area (Å²) in [4.78, 5) is 32.9. The van der Waals surface area contributed by atoms with Gasteiger partial charge in [0.15, 0.2) is 0 Å². The van der Waals surface area contributed by atoms with Crippen molar-refractivity contribution in [1.82, 2.24) is 0 Å². The Bertz CT molecular complexity index is 413. The second-order valence-corrected chi connectivity index (χ2v) is 2.64. The standard InChI is InChI=1S/C12H8O6/c1-5-9(13)16-12(8-4,17-10(14)6-2)18-11(15)7-3/h1-3H,8H2,4H3. The van der Waals surface area contributed by atoms with Crippen molar-refractivity contribution in [3.63, 3.8) is 0 Å². The van der Waals surface area contributed by atoms with Gasteiger partial charge in [0.05, 0.1) is 6.42 Å². The first kappa shape index (κ1) is 15.1. The fourth-order valence-corrected chi connectivity index (χ4v) is 0.791. The van der Waals surface area contributed by atoms with E-state index in [1.165, 1.54) is 6.92 Å². The summed E-state index contributed by atoms with van der Waals surface area (Å²) in [6, 6.07) is 0. The van der Waals surface area contributed by atoms with Gasteiger partial charge in [-0.2, -0.15) is 0 Å². The van der Waals surface area contributed by atoms with Gasteiger partial charge in [-0.05, 0) is 0 Å². The molecule has 0 aromatic rings. The lowest BCUT2D eigenvalue weighted by atomic mass is 10.4. The zero-order chi connectivity index (χ0) is 14.2. The number of hydrogen-bond acceptors (Lipinski definition) is 6. The van der Waals surface area contributed by atoms with Crippen molar-refractivity contribution >= 4 is 17.9 Å². The van der Waals surface area contributed by atoms with Crippen LogP contribution >= 0.6 is 0 Å². The predicted octanol–water partition coefficient (Wildman–Crippen LogP) is -0.421. The van der Waals surface area contributed by atoms with Crippen LogP contribution in [0.25, 0.3) is 0 Å². The lowest BCUT2D eigenvalue weighted by molar-refractivity contribution is -0.324. The molecule has 0 fully saturated rings. The summed E-state index contributed by atoms with van der Waals surface area (Å²) in [5.41, 5.74) is 0. The van der Waals surface area contributed by atoms with Gasteiger partial charge in [-0.3, -0.25) is 0 Å². The summed E-state index contributed by atoms with van der Waals surface area (Å²) in [5, 5.41) is 0. The Labute approximate surface area is 104 Å². The van der Waals surface area contributed by atoms with E-state index in [2.05, 4.69) is 14.2 Å². The fourth-order valence-electron chi connectivity index (χ4n) is 0.791. The molecule has 0 aromatic carbocycles. The maximum Gasteiger partial charge on any atom is 0.425 e. The van der Waals surface area contributed by atoms with E-state index in [4.69, 9.17) is 19.3 Å². The molecule has 0 heterocycles. The van der Waals surface area contributed by atoms with Crippen LogP contribution in [-0.4, -0.2) is 23.9 Å².